The van der Waals surface area contributed by atoms with Gasteiger partial charge in [0.2, 0.25) is 0 Å². The minimum atomic E-state index is -0.475. The summed E-state index contributed by atoms with van der Waals surface area (Å²) >= 11 is 2.24. The van der Waals surface area contributed by atoms with Gasteiger partial charge in [0, 0.05) is 12.5 Å². The number of hydrogen-bond donors (Lipinski definition) is 1. The Kier molecular flexibility index (Phi) is 3.58. The first kappa shape index (κ1) is 13.0. The monoisotopic (exact) mass is 347 g/mol. The summed E-state index contributed by atoms with van der Waals surface area (Å²) in [5, 5.41) is 0. The second-order valence-electron chi connectivity index (χ2n) is 4.85. The second kappa shape index (κ2) is 4.68. The summed E-state index contributed by atoms with van der Waals surface area (Å²) < 4.78 is 6.68. The molecule has 5 heteroatoms. The summed E-state index contributed by atoms with van der Waals surface area (Å²) in [6.45, 7) is 6.57. The Balaban J connectivity index is 2.41. The van der Waals surface area contributed by atoms with Crippen molar-refractivity contribution >= 4 is 28.4 Å². The summed E-state index contributed by atoms with van der Waals surface area (Å²) in [5.74, 6) is 1.84. The molecule has 0 aliphatic heterocycles. The largest absolute Gasteiger partial charge is 0.383 e. The van der Waals surface area contributed by atoms with Gasteiger partial charge in [0.1, 0.15) is 11.4 Å². The average Bonchev–Trinajstić information content (AvgIpc) is 3.05. The molecular weight excluding hydrogens is 329 g/mol. The maximum atomic E-state index is 5.97. The van der Waals surface area contributed by atoms with Crippen molar-refractivity contribution in [2.75, 3.05) is 12.3 Å². The first-order valence-electron chi connectivity index (χ1n) is 5.93. The molecule has 4 nitrogen and oxygen atoms in total. The fourth-order valence-corrected chi connectivity index (χ4v) is 2.49. The van der Waals surface area contributed by atoms with Gasteiger partial charge in [-0.3, -0.25) is 0 Å². The molecule has 1 aliphatic carbocycles. The predicted octanol–water partition coefficient (Wildman–Crippen LogP) is 2.81. The van der Waals surface area contributed by atoms with E-state index in [4.69, 9.17) is 10.5 Å². The summed E-state index contributed by atoms with van der Waals surface area (Å²) in [4.78, 5) is 9.03. The Hall–Kier alpha value is -0.430. The molecule has 1 saturated carbocycles. The molecule has 1 heterocycles. The summed E-state index contributed by atoms with van der Waals surface area (Å²) in [6, 6.07) is 0. The second-order valence-corrected chi connectivity index (χ2v) is 5.93. The van der Waals surface area contributed by atoms with Crippen molar-refractivity contribution in [2.45, 2.75) is 45.1 Å². The molecule has 0 saturated heterocycles. The Morgan fingerprint density at radius 3 is 2.59 bits per heavy atom. The zero-order valence-corrected chi connectivity index (χ0v) is 12.6. The Morgan fingerprint density at radius 2 is 2.06 bits per heavy atom. The predicted molar refractivity (Wildman–Crippen MR) is 75.8 cm³/mol. The van der Waals surface area contributed by atoms with Crippen molar-refractivity contribution in [3.05, 3.63) is 15.1 Å². The van der Waals surface area contributed by atoms with Gasteiger partial charge in [0.15, 0.2) is 5.82 Å². The number of rotatable bonds is 4. The van der Waals surface area contributed by atoms with Crippen LogP contribution in [-0.4, -0.2) is 16.6 Å². The van der Waals surface area contributed by atoms with E-state index in [-0.39, 0.29) is 0 Å². The van der Waals surface area contributed by atoms with Gasteiger partial charge < -0.3 is 10.5 Å². The van der Waals surface area contributed by atoms with Gasteiger partial charge in [0.05, 0.1) is 9.26 Å². The van der Waals surface area contributed by atoms with Crippen LogP contribution in [-0.2, 0) is 10.3 Å². The van der Waals surface area contributed by atoms with Gasteiger partial charge >= 0.3 is 0 Å². The highest BCUT2D eigenvalue weighted by Gasteiger charge is 2.32. The van der Waals surface area contributed by atoms with E-state index in [0.29, 0.717) is 24.2 Å². The number of aromatic nitrogens is 2. The molecule has 2 rings (SSSR count). The number of nitrogens with two attached hydrogens (primary N) is 1. The molecule has 0 radical (unpaired) electrons. The highest BCUT2D eigenvalue weighted by atomic mass is 127. The van der Waals surface area contributed by atoms with Crippen LogP contribution in [0.1, 0.15) is 51.0 Å². The van der Waals surface area contributed by atoms with Crippen LogP contribution in [0.5, 0.6) is 0 Å². The van der Waals surface area contributed by atoms with Gasteiger partial charge in [-0.2, -0.15) is 0 Å². The molecule has 1 fully saturated rings. The SMILES string of the molecule is CCOC(C)(C)c1nc(N)c(I)c(C2CC2)n1. The van der Waals surface area contributed by atoms with Crippen LogP contribution in [0, 0.1) is 3.57 Å². The van der Waals surface area contributed by atoms with Crippen molar-refractivity contribution < 1.29 is 4.74 Å². The highest BCUT2D eigenvalue weighted by Crippen LogP contribution is 2.42. The van der Waals surface area contributed by atoms with Crippen molar-refractivity contribution in [1.29, 1.82) is 0 Å². The van der Waals surface area contributed by atoms with Gasteiger partial charge in [-0.25, -0.2) is 9.97 Å². The molecule has 1 aromatic heterocycles. The molecule has 94 valence electrons. The molecule has 0 aromatic carbocycles. The third-order valence-corrected chi connectivity index (χ3v) is 4.02. The Morgan fingerprint density at radius 1 is 1.41 bits per heavy atom. The van der Waals surface area contributed by atoms with Gasteiger partial charge in [-0.1, -0.05) is 0 Å². The van der Waals surface area contributed by atoms with E-state index >= 15 is 0 Å². The topological polar surface area (TPSA) is 61.0 Å². The molecule has 2 N–H and O–H groups in total. The van der Waals surface area contributed by atoms with Crippen LogP contribution >= 0.6 is 22.6 Å². The van der Waals surface area contributed by atoms with Crippen LogP contribution in [0.2, 0.25) is 0 Å². The Labute approximate surface area is 115 Å². The number of nitrogen functional groups attached to an aromatic ring is 1. The molecule has 0 atom stereocenters. The number of ether oxygens (including phenoxy) is 1. The van der Waals surface area contributed by atoms with Crippen LogP contribution in [0.3, 0.4) is 0 Å². The standard InChI is InChI=1S/C12H18IN3O/c1-4-17-12(2,3)11-15-9(7-5-6-7)8(13)10(14)16-11/h7H,4-6H2,1-3H3,(H2,14,15,16). The lowest BCUT2D eigenvalue weighted by molar-refractivity contribution is -0.0208. The summed E-state index contributed by atoms with van der Waals surface area (Å²) in [5.41, 5.74) is 6.59. The van der Waals surface area contributed by atoms with E-state index < -0.39 is 5.60 Å². The molecule has 0 bridgehead atoms. The van der Waals surface area contributed by atoms with E-state index in [1.165, 1.54) is 12.8 Å². The summed E-state index contributed by atoms with van der Waals surface area (Å²) in [6.07, 6.45) is 2.42. The smallest absolute Gasteiger partial charge is 0.162 e. The van der Waals surface area contributed by atoms with Crippen LogP contribution in [0.25, 0.3) is 0 Å². The molecule has 1 aliphatic rings. The van der Waals surface area contributed by atoms with Crippen molar-refractivity contribution in [3.8, 4) is 0 Å². The van der Waals surface area contributed by atoms with E-state index in [1.54, 1.807) is 0 Å². The van der Waals surface area contributed by atoms with Gasteiger partial charge in [-0.05, 0) is 56.2 Å². The van der Waals surface area contributed by atoms with Gasteiger partial charge in [0.25, 0.3) is 0 Å². The lowest BCUT2D eigenvalue weighted by Gasteiger charge is -2.24. The summed E-state index contributed by atoms with van der Waals surface area (Å²) in [7, 11) is 0. The van der Waals surface area contributed by atoms with Crippen molar-refractivity contribution in [1.82, 2.24) is 9.97 Å². The van der Waals surface area contributed by atoms with E-state index in [9.17, 15) is 0 Å². The lowest BCUT2D eigenvalue weighted by atomic mass is 10.1. The maximum Gasteiger partial charge on any atom is 0.162 e. The van der Waals surface area contributed by atoms with Crippen LogP contribution in [0.15, 0.2) is 0 Å². The molecule has 17 heavy (non-hydrogen) atoms. The fraction of sp³-hybridized carbons (Fsp3) is 0.667. The maximum absolute atomic E-state index is 5.97. The molecule has 0 spiro atoms. The molecule has 0 unspecified atom stereocenters. The van der Waals surface area contributed by atoms with E-state index in [0.717, 1.165) is 9.26 Å². The minimum absolute atomic E-state index is 0.475. The first-order valence-corrected chi connectivity index (χ1v) is 7.01. The zero-order valence-electron chi connectivity index (χ0n) is 10.5. The third kappa shape index (κ3) is 2.70. The minimum Gasteiger partial charge on any atom is -0.383 e. The van der Waals surface area contributed by atoms with Crippen molar-refractivity contribution in [3.63, 3.8) is 0 Å². The van der Waals surface area contributed by atoms with Crippen molar-refractivity contribution in [2.24, 2.45) is 0 Å². The molecule has 0 amide bonds. The normalized spacial score (nSPS) is 16.2. The van der Waals surface area contributed by atoms with Crippen LogP contribution in [0.4, 0.5) is 5.82 Å². The number of anilines is 1. The fourth-order valence-electron chi connectivity index (χ4n) is 1.80. The Bertz CT molecular complexity index is 430. The van der Waals surface area contributed by atoms with E-state index in [2.05, 4.69) is 32.6 Å². The molecule has 1 aromatic rings. The van der Waals surface area contributed by atoms with E-state index in [1.807, 2.05) is 20.8 Å². The quantitative estimate of drug-likeness (QED) is 0.851. The lowest BCUT2D eigenvalue weighted by Crippen LogP contribution is -2.26. The number of hydrogen-bond acceptors (Lipinski definition) is 4. The highest BCUT2D eigenvalue weighted by molar-refractivity contribution is 14.1. The third-order valence-electron chi connectivity index (χ3n) is 2.91. The van der Waals surface area contributed by atoms with Crippen LogP contribution < -0.4 is 5.73 Å². The zero-order chi connectivity index (χ0) is 12.6. The van der Waals surface area contributed by atoms with Gasteiger partial charge in [-0.15, -0.1) is 0 Å². The first-order chi connectivity index (χ1) is 7.95. The average molecular weight is 347 g/mol. The number of nitrogens with zero attached hydrogens (tertiary/aromatic N) is 2. The molecular formula is C12H18IN3O. The number of halogens is 1.